The van der Waals surface area contributed by atoms with Crippen LogP contribution in [0.1, 0.15) is 40.2 Å². The Morgan fingerprint density at radius 3 is 2.50 bits per heavy atom. The highest BCUT2D eigenvalue weighted by Crippen LogP contribution is 2.46. The van der Waals surface area contributed by atoms with Crippen LogP contribution >= 0.6 is 35.6 Å². The zero-order valence-corrected chi connectivity index (χ0v) is 17.1. The third kappa shape index (κ3) is 3.85. The van der Waals surface area contributed by atoms with Gasteiger partial charge in [-0.15, -0.1) is 24.0 Å². The molecule has 22 heavy (non-hydrogen) atoms. The Hall–Kier alpha value is -0.560. The third-order valence-corrected chi connectivity index (χ3v) is 4.90. The minimum atomic E-state index is 0. The normalized spacial score (nSPS) is 19.2. The van der Waals surface area contributed by atoms with Crippen molar-refractivity contribution in [3.05, 3.63) is 29.0 Å². The van der Waals surface area contributed by atoms with Gasteiger partial charge in [-0.3, -0.25) is 0 Å². The van der Waals surface area contributed by atoms with E-state index in [1.807, 2.05) is 6.07 Å². The summed E-state index contributed by atoms with van der Waals surface area (Å²) in [5, 5.41) is 3.90. The molecule has 0 atom stereocenters. The maximum atomic E-state index is 5.81. The van der Waals surface area contributed by atoms with Crippen molar-refractivity contribution in [1.29, 1.82) is 0 Å². The number of guanidine groups is 1. The van der Waals surface area contributed by atoms with Gasteiger partial charge in [0.05, 0.1) is 6.54 Å². The van der Waals surface area contributed by atoms with Gasteiger partial charge < -0.3 is 10.2 Å². The standard InChI is InChI=1S/C16H25ClN4.HI/c1-6-18-14(21-11-15(2,3)16(21,4)5)20-10-12-7-8-13(17)19-9-12;/h7-9H,6,10-11H2,1-5H3,(H,18,20);1H. The van der Waals surface area contributed by atoms with Crippen LogP contribution in [0.5, 0.6) is 0 Å². The summed E-state index contributed by atoms with van der Waals surface area (Å²) in [6, 6.07) is 3.77. The number of aromatic nitrogens is 1. The maximum Gasteiger partial charge on any atom is 0.194 e. The van der Waals surface area contributed by atoms with Gasteiger partial charge >= 0.3 is 0 Å². The van der Waals surface area contributed by atoms with Crippen LogP contribution in [0.15, 0.2) is 23.3 Å². The molecule has 0 aromatic carbocycles. The molecule has 1 aromatic rings. The number of nitrogens with zero attached hydrogens (tertiary/aromatic N) is 3. The predicted octanol–water partition coefficient (Wildman–Crippen LogP) is 3.94. The highest BCUT2D eigenvalue weighted by Gasteiger charge is 2.53. The largest absolute Gasteiger partial charge is 0.356 e. The summed E-state index contributed by atoms with van der Waals surface area (Å²) in [5.74, 6) is 0.969. The second kappa shape index (κ2) is 7.34. The van der Waals surface area contributed by atoms with Crippen molar-refractivity contribution in [3.63, 3.8) is 0 Å². The molecular weight excluding hydrogens is 411 g/mol. The van der Waals surface area contributed by atoms with Crippen LogP contribution in [-0.4, -0.2) is 34.5 Å². The molecule has 1 aromatic heterocycles. The third-order valence-electron chi connectivity index (χ3n) is 4.68. The first kappa shape index (κ1) is 19.5. The second-order valence-electron chi connectivity index (χ2n) is 6.69. The topological polar surface area (TPSA) is 40.5 Å². The van der Waals surface area contributed by atoms with Crippen molar-refractivity contribution < 1.29 is 0 Å². The number of rotatable bonds is 3. The van der Waals surface area contributed by atoms with Crippen molar-refractivity contribution in [2.45, 2.75) is 46.7 Å². The predicted molar refractivity (Wildman–Crippen MR) is 104 cm³/mol. The number of pyridine rings is 1. The van der Waals surface area contributed by atoms with E-state index in [4.69, 9.17) is 16.6 Å². The molecular formula is C16H26ClIN4. The molecule has 0 radical (unpaired) electrons. The van der Waals surface area contributed by atoms with Gasteiger partial charge in [-0.1, -0.05) is 31.5 Å². The summed E-state index contributed by atoms with van der Waals surface area (Å²) in [6.45, 7) is 13.7. The lowest BCUT2D eigenvalue weighted by atomic mass is 9.65. The van der Waals surface area contributed by atoms with Gasteiger partial charge in [0.2, 0.25) is 0 Å². The monoisotopic (exact) mass is 436 g/mol. The molecule has 1 aliphatic heterocycles. The molecule has 0 saturated carbocycles. The average molecular weight is 437 g/mol. The molecule has 1 N–H and O–H groups in total. The van der Waals surface area contributed by atoms with Crippen molar-refractivity contribution in [2.75, 3.05) is 13.1 Å². The van der Waals surface area contributed by atoms with Crippen LogP contribution in [0, 0.1) is 5.41 Å². The van der Waals surface area contributed by atoms with Crippen LogP contribution in [-0.2, 0) is 6.54 Å². The quantitative estimate of drug-likeness (QED) is 0.338. The Labute approximate surface area is 155 Å². The number of likely N-dealkylation sites (tertiary alicyclic amines) is 1. The number of halogens is 2. The highest BCUT2D eigenvalue weighted by atomic mass is 127. The molecule has 1 aliphatic rings. The van der Waals surface area contributed by atoms with Crippen molar-refractivity contribution >= 4 is 41.5 Å². The zero-order valence-electron chi connectivity index (χ0n) is 14.0. The average Bonchev–Trinajstić information content (AvgIpc) is 2.43. The molecule has 6 heteroatoms. The summed E-state index contributed by atoms with van der Waals surface area (Å²) in [6.07, 6.45) is 1.78. The summed E-state index contributed by atoms with van der Waals surface area (Å²) < 4.78 is 0. The Morgan fingerprint density at radius 1 is 1.36 bits per heavy atom. The van der Waals surface area contributed by atoms with E-state index in [2.05, 4.69) is 49.8 Å². The van der Waals surface area contributed by atoms with E-state index in [0.717, 1.165) is 24.6 Å². The molecule has 2 rings (SSSR count). The summed E-state index contributed by atoms with van der Waals surface area (Å²) >= 11 is 5.81. The molecule has 1 fully saturated rings. The minimum Gasteiger partial charge on any atom is -0.356 e. The van der Waals surface area contributed by atoms with E-state index >= 15 is 0 Å². The van der Waals surface area contributed by atoms with Crippen LogP contribution in [0.4, 0.5) is 0 Å². The van der Waals surface area contributed by atoms with Crippen molar-refractivity contribution in [1.82, 2.24) is 15.2 Å². The maximum absolute atomic E-state index is 5.81. The van der Waals surface area contributed by atoms with E-state index in [1.165, 1.54) is 0 Å². The van der Waals surface area contributed by atoms with Gasteiger partial charge in [0.15, 0.2) is 5.96 Å². The smallest absolute Gasteiger partial charge is 0.194 e. The molecule has 0 bridgehead atoms. The zero-order chi connectivity index (χ0) is 15.7. The Balaban J connectivity index is 0.00000242. The fourth-order valence-corrected chi connectivity index (χ4v) is 2.57. The number of hydrogen-bond acceptors (Lipinski definition) is 2. The van der Waals surface area contributed by atoms with Crippen LogP contribution in [0.2, 0.25) is 5.15 Å². The number of hydrogen-bond donors (Lipinski definition) is 1. The van der Waals surface area contributed by atoms with Gasteiger partial charge in [-0.25, -0.2) is 9.98 Å². The molecule has 1 saturated heterocycles. The molecule has 0 aliphatic carbocycles. The van der Waals surface area contributed by atoms with Crippen LogP contribution in [0.3, 0.4) is 0 Å². The van der Waals surface area contributed by atoms with Crippen LogP contribution in [0.25, 0.3) is 0 Å². The van der Waals surface area contributed by atoms with E-state index in [-0.39, 0.29) is 29.5 Å². The molecule has 0 amide bonds. The van der Waals surface area contributed by atoms with Crippen molar-refractivity contribution in [2.24, 2.45) is 10.4 Å². The molecule has 2 heterocycles. The summed E-state index contributed by atoms with van der Waals surface area (Å²) in [5.41, 5.74) is 1.46. The number of aliphatic imine (C=N–C) groups is 1. The van der Waals surface area contributed by atoms with E-state index in [9.17, 15) is 0 Å². The molecule has 0 spiro atoms. The Bertz CT molecular complexity index is 525. The SMILES string of the molecule is CCNC(=NCc1ccc(Cl)nc1)N1CC(C)(C)C1(C)C.I. The first-order valence-corrected chi connectivity index (χ1v) is 7.82. The van der Waals surface area contributed by atoms with E-state index < -0.39 is 0 Å². The van der Waals surface area contributed by atoms with E-state index in [0.29, 0.717) is 17.1 Å². The minimum absolute atomic E-state index is 0. The first-order valence-electron chi connectivity index (χ1n) is 7.44. The van der Waals surface area contributed by atoms with Gasteiger partial charge in [-0.2, -0.15) is 0 Å². The van der Waals surface area contributed by atoms with Crippen molar-refractivity contribution in [3.8, 4) is 0 Å². The highest BCUT2D eigenvalue weighted by molar-refractivity contribution is 14.0. The lowest BCUT2D eigenvalue weighted by Crippen LogP contribution is -2.72. The van der Waals surface area contributed by atoms with E-state index in [1.54, 1.807) is 12.3 Å². The van der Waals surface area contributed by atoms with Gasteiger partial charge in [0.1, 0.15) is 5.15 Å². The molecule has 124 valence electrons. The van der Waals surface area contributed by atoms with Gasteiger partial charge in [0.25, 0.3) is 0 Å². The number of nitrogens with one attached hydrogen (secondary N) is 1. The molecule has 0 unspecified atom stereocenters. The summed E-state index contributed by atoms with van der Waals surface area (Å²) in [7, 11) is 0. The van der Waals surface area contributed by atoms with Crippen LogP contribution < -0.4 is 5.32 Å². The Morgan fingerprint density at radius 2 is 2.05 bits per heavy atom. The summed E-state index contributed by atoms with van der Waals surface area (Å²) in [4.78, 5) is 11.2. The Kier molecular flexibility index (Phi) is 6.50. The van der Waals surface area contributed by atoms with Gasteiger partial charge in [0, 0.05) is 30.2 Å². The molecule has 4 nitrogen and oxygen atoms in total. The second-order valence-corrected chi connectivity index (χ2v) is 7.08. The fraction of sp³-hybridized carbons (Fsp3) is 0.625. The fourth-order valence-electron chi connectivity index (χ4n) is 2.46. The van der Waals surface area contributed by atoms with Gasteiger partial charge in [-0.05, 0) is 32.4 Å². The first-order chi connectivity index (χ1) is 9.78. The lowest BCUT2D eigenvalue weighted by molar-refractivity contribution is -0.0667. The lowest BCUT2D eigenvalue weighted by Gasteiger charge is -2.62.